The number of carbonyl (C=O) groups excluding carboxylic acids is 1. The third kappa shape index (κ3) is 2.68. The molecule has 0 aliphatic carbocycles. The first-order valence-electron chi connectivity index (χ1n) is 4.52. The summed E-state index contributed by atoms with van der Waals surface area (Å²) >= 11 is 3.14. The molecule has 3 nitrogen and oxygen atoms in total. The van der Waals surface area contributed by atoms with Crippen LogP contribution in [-0.4, -0.2) is 12.5 Å². The van der Waals surface area contributed by atoms with E-state index in [4.69, 9.17) is 5.73 Å². The number of halogens is 2. The molecule has 3 N–H and O–H groups in total. The van der Waals surface area contributed by atoms with Gasteiger partial charge in [-0.25, -0.2) is 4.39 Å². The van der Waals surface area contributed by atoms with Crippen LogP contribution in [0.3, 0.4) is 0 Å². The highest BCUT2D eigenvalue weighted by atomic mass is 79.9. The normalized spacial score (nSPS) is 10.1. The van der Waals surface area contributed by atoms with Gasteiger partial charge < -0.3 is 11.1 Å². The molecule has 0 aliphatic heterocycles. The van der Waals surface area contributed by atoms with E-state index in [9.17, 15) is 9.18 Å². The number of nitrogens with two attached hydrogens (primary N) is 1. The zero-order valence-electron chi connectivity index (χ0n) is 8.31. The molecule has 1 aromatic carbocycles. The standard InChI is InChI=1S/C10H12BrFN2O/c1-2-14-10(15)7-3-6(5-11)8(12)4-9(7)13/h3-4H,2,5,13H2,1H3,(H,14,15). The van der Waals surface area contributed by atoms with Crippen molar-refractivity contribution in [3.05, 3.63) is 29.1 Å². The first kappa shape index (κ1) is 12.0. The minimum atomic E-state index is -0.405. The Kier molecular flexibility index (Phi) is 4.08. The molecule has 0 aromatic heterocycles. The lowest BCUT2D eigenvalue weighted by Crippen LogP contribution is -2.24. The van der Waals surface area contributed by atoms with Crippen LogP contribution in [0.15, 0.2) is 12.1 Å². The molecule has 0 heterocycles. The number of carbonyl (C=O) groups is 1. The number of alkyl halides is 1. The van der Waals surface area contributed by atoms with Crippen molar-refractivity contribution in [2.24, 2.45) is 0 Å². The largest absolute Gasteiger partial charge is 0.398 e. The van der Waals surface area contributed by atoms with E-state index in [2.05, 4.69) is 21.2 Å². The Labute approximate surface area is 96.0 Å². The Balaban J connectivity index is 3.12. The van der Waals surface area contributed by atoms with Crippen molar-refractivity contribution < 1.29 is 9.18 Å². The van der Waals surface area contributed by atoms with Gasteiger partial charge in [0.2, 0.25) is 0 Å². The van der Waals surface area contributed by atoms with Crippen molar-refractivity contribution in [2.75, 3.05) is 12.3 Å². The van der Waals surface area contributed by atoms with Crippen molar-refractivity contribution >= 4 is 27.5 Å². The number of rotatable bonds is 3. The van der Waals surface area contributed by atoms with Crippen molar-refractivity contribution in [3.8, 4) is 0 Å². The van der Waals surface area contributed by atoms with Gasteiger partial charge in [-0.3, -0.25) is 4.79 Å². The van der Waals surface area contributed by atoms with Crippen LogP contribution in [0.2, 0.25) is 0 Å². The second-order valence-electron chi connectivity index (χ2n) is 3.02. The van der Waals surface area contributed by atoms with Gasteiger partial charge in [0.1, 0.15) is 5.82 Å². The predicted octanol–water partition coefficient (Wildman–Crippen LogP) is 2.05. The molecule has 15 heavy (non-hydrogen) atoms. The van der Waals surface area contributed by atoms with Crippen LogP contribution < -0.4 is 11.1 Å². The Morgan fingerprint density at radius 3 is 2.80 bits per heavy atom. The van der Waals surface area contributed by atoms with Gasteiger partial charge in [-0.1, -0.05) is 15.9 Å². The highest BCUT2D eigenvalue weighted by Crippen LogP contribution is 2.20. The first-order valence-corrected chi connectivity index (χ1v) is 5.64. The molecular weight excluding hydrogens is 263 g/mol. The predicted molar refractivity (Wildman–Crippen MR) is 61.5 cm³/mol. The average Bonchev–Trinajstić information content (AvgIpc) is 2.18. The molecule has 0 spiro atoms. The summed E-state index contributed by atoms with van der Waals surface area (Å²) in [7, 11) is 0. The molecule has 0 unspecified atom stereocenters. The molecule has 82 valence electrons. The van der Waals surface area contributed by atoms with Gasteiger partial charge in [-0.15, -0.1) is 0 Å². The summed E-state index contributed by atoms with van der Waals surface area (Å²) in [6.07, 6.45) is 0. The molecule has 1 rings (SSSR count). The number of anilines is 1. The Morgan fingerprint density at radius 2 is 2.27 bits per heavy atom. The fourth-order valence-corrected chi connectivity index (χ4v) is 1.62. The third-order valence-electron chi connectivity index (χ3n) is 1.94. The molecule has 0 bridgehead atoms. The minimum absolute atomic E-state index is 0.156. The lowest BCUT2D eigenvalue weighted by atomic mass is 10.1. The van der Waals surface area contributed by atoms with E-state index in [-0.39, 0.29) is 11.6 Å². The highest BCUT2D eigenvalue weighted by molar-refractivity contribution is 9.08. The summed E-state index contributed by atoms with van der Waals surface area (Å²) in [5, 5.41) is 2.97. The SMILES string of the molecule is CCNC(=O)c1cc(CBr)c(F)cc1N. The van der Waals surface area contributed by atoms with Crippen LogP contribution in [0, 0.1) is 5.82 Å². The maximum Gasteiger partial charge on any atom is 0.253 e. The van der Waals surface area contributed by atoms with Crippen molar-refractivity contribution in [1.29, 1.82) is 0 Å². The maximum atomic E-state index is 13.2. The second kappa shape index (κ2) is 5.11. The topological polar surface area (TPSA) is 55.1 Å². The van der Waals surface area contributed by atoms with Crippen molar-refractivity contribution in [3.63, 3.8) is 0 Å². The number of amides is 1. The van der Waals surface area contributed by atoms with Gasteiger partial charge in [-0.2, -0.15) is 0 Å². The number of benzene rings is 1. The molecule has 1 aromatic rings. The van der Waals surface area contributed by atoms with Crippen LogP contribution in [0.4, 0.5) is 10.1 Å². The fourth-order valence-electron chi connectivity index (χ4n) is 1.19. The summed E-state index contributed by atoms with van der Waals surface area (Å²) < 4.78 is 13.2. The number of hydrogen-bond acceptors (Lipinski definition) is 2. The van der Waals surface area contributed by atoms with Gasteiger partial charge in [0.15, 0.2) is 0 Å². The van der Waals surface area contributed by atoms with E-state index < -0.39 is 5.82 Å². The maximum absolute atomic E-state index is 13.2. The molecule has 0 saturated heterocycles. The zero-order chi connectivity index (χ0) is 11.4. The fraction of sp³-hybridized carbons (Fsp3) is 0.300. The van der Waals surface area contributed by atoms with E-state index in [0.29, 0.717) is 23.0 Å². The molecule has 0 aliphatic rings. The van der Waals surface area contributed by atoms with E-state index >= 15 is 0 Å². The van der Waals surface area contributed by atoms with E-state index in [1.54, 1.807) is 0 Å². The third-order valence-corrected chi connectivity index (χ3v) is 2.55. The monoisotopic (exact) mass is 274 g/mol. The number of hydrogen-bond donors (Lipinski definition) is 2. The van der Waals surface area contributed by atoms with Crippen molar-refractivity contribution in [1.82, 2.24) is 5.32 Å². The van der Waals surface area contributed by atoms with E-state index in [1.807, 2.05) is 6.92 Å². The van der Waals surface area contributed by atoms with Crippen LogP contribution in [0.25, 0.3) is 0 Å². The summed E-state index contributed by atoms with van der Waals surface area (Å²) in [4.78, 5) is 11.5. The highest BCUT2D eigenvalue weighted by Gasteiger charge is 2.12. The Hall–Kier alpha value is -1.10. The van der Waals surface area contributed by atoms with Gasteiger partial charge in [0, 0.05) is 17.6 Å². The van der Waals surface area contributed by atoms with E-state index in [0.717, 1.165) is 0 Å². The second-order valence-corrected chi connectivity index (χ2v) is 3.58. The average molecular weight is 275 g/mol. The summed E-state index contributed by atoms with van der Waals surface area (Å²) in [6.45, 7) is 2.32. The van der Waals surface area contributed by atoms with Crippen LogP contribution in [0.1, 0.15) is 22.8 Å². The lowest BCUT2D eigenvalue weighted by molar-refractivity contribution is 0.0956. The molecule has 0 atom stereocenters. The summed E-state index contributed by atoms with van der Waals surface area (Å²) in [5.41, 5.74) is 6.45. The minimum Gasteiger partial charge on any atom is -0.398 e. The molecule has 0 radical (unpaired) electrons. The number of nitrogen functional groups attached to an aromatic ring is 1. The van der Waals surface area contributed by atoms with E-state index in [1.165, 1.54) is 12.1 Å². The quantitative estimate of drug-likeness (QED) is 0.655. The van der Waals surface area contributed by atoms with Gasteiger partial charge in [-0.05, 0) is 24.6 Å². The molecule has 0 fully saturated rings. The van der Waals surface area contributed by atoms with Crippen LogP contribution in [0.5, 0.6) is 0 Å². The smallest absolute Gasteiger partial charge is 0.253 e. The Morgan fingerprint density at radius 1 is 1.60 bits per heavy atom. The summed E-state index contributed by atoms with van der Waals surface area (Å²) in [5.74, 6) is -0.686. The van der Waals surface area contributed by atoms with Crippen LogP contribution in [-0.2, 0) is 5.33 Å². The van der Waals surface area contributed by atoms with Gasteiger partial charge in [0.05, 0.1) is 5.56 Å². The lowest BCUT2D eigenvalue weighted by Gasteiger charge is -2.08. The first-order chi connectivity index (χ1) is 7.10. The van der Waals surface area contributed by atoms with Crippen LogP contribution >= 0.6 is 15.9 Å². The van der Waals surface area contributed by atoms with Gasteiger partial charge in [0.25, 0.3) is 5.91 Å². The summed E-state index contributed by atoms with van der Waals surface area (Å²) in [6, 6.07) is 2.63. The van der Waals surface area contributed by atoms with Gasteiger partial charge >= 0.3 is 0 Å². The zero-order valence-corrected chi connectivity index (χ0v) is 9.90. The Bertz CT molecular complexity index is 382. The van der Waals surface area contributed by atoms with Crippen molar-refractivity contribution in [2.45, 2.75) is 12.3 Å². The molecule has 5 heteroatoms. The molecule has 0 saturated carbocycles. The molecule has 1 amide bonds. The number of nitrogens with one attached hydrogen (secondary N) is 1. The molecular formula is C10H12BrFN2O.